The van der Waals surface area contributed by atoms with Crippen molar-refractivity contribution in [2.75, 3.05) is 0 Å². The number of hydrogen-bond donors (Lipinski definition) is 0. The standard InChI is InChI=1S/C29H19NO6S/c31-26(20-12-4-1-5-13-20)25-27(36-29(33)22-16-8-3-9-17-22)23-18-10-11-19-24(23)37(34,35)30(25)28(32)21-14-6-2-7-15-21/h1-19H. The van der Waals surface area contributed by atoms with E-state index >= 15 is 0 Å². The van der Waals surface area contributed by atoms with E-state index in [2.05, 4.69) is 0 Å². The van der Waals surface area contributed by atoms with Crippen LogP contribution in [0.25, 0.3) is 5.76 Å². The molecule has 1 amide bonds. The Kier molecular flexibility index (Phi) is 6.25. The van der Waals surface area contributed by atoms with Crippen LogP contribution in [0.2, 0.25) is 0 Å². The molecule has 0 unspecified atom stereocenters. The van der Waals surface area contributed by atoms with E-state index in [1.165, 1.54) is 54.6 Å². The quantitative estimate of drug-likeness (QED) is 0.279. The zero-order valence-corrected chi connectivity index (χ0v) is 20.1. The van der Waals surface area contributed by atoms with Gasteiger partial charge in [-0.1, -0.05) is 78.9 Å². The number of benzene rings is 4. The van der Waals surface area contributed by atoms with Gasteiger partial charge in [0.15, 0.2) is 11.5 Å². The van der Waals surface area contributed by atoms with Gasteiger partial charge in [0, 0.05) is 16.7 Å². The molecule has 5 rings (SSSR count). The molecule has 0 bridgehead atoms. The van der Waals surface area contributed by atoms with Crippen LogP contribution in [0.5, 0.6) is 0 Å². The Balaban J connectivity index is 1.79. The highest BCUT2D eigenvalue weighted by atomic mass is 32.2. The van der Waals surface area contributed by atoms with Gasteiger partial charge < -0.3 is 4.74 Å². The predicted octanol–water partition coefficient (Wildman–Crippen LogP) is 4.94. The second-order valence-corrected chi connectivity index (χ2v) is 9.82. The van der Waals surface area contributed by atoms with Gasteiger partial charge in [0.1, 0.15) is 0 Å². The fraction of sp³-hybridized carbons (Fsp3) is 0. The van der Waals surface area contributed by atoms with Crippen molar-refractivity contribution in [2.45, 2.75) is 4.90 Å². The third-order valence-corrected chi connectivity index (χ3v) is 7.47. The van der Waals surface area contributed by atoms with Crippen molar-refractivity contribution in [3.8, 4) is 0 Å². The van der Waals surface area contributed by atoms with Crippen LogP contribution in [0.3, 0.4) is 0 Å². The summed E-state index contributed by atoms with van der Waals surface area (Å²) in [6.45, 7) is 0. The van der Waals surface area contributed by atoms with E-state index in [1.807, 2.05) is 0 Å². The Hall–Kier alpha value is -4.82. The van der Waals surface area contributed by atoms with Crippen molar-refractivity contribution >= 4 is 33.4 Å². The summed E-state index contributed by atoms with van der Waals surface area (Å²) in [6, 6.07) is 29.5. The van der Waals surface area contributed by atoms with Crippen LogP contribution >= 0.6 is 0 Å². The molecule has 182 valence electrons. The number of rotatable bonds is 5. The highest BCUT2D eigenvalue weighted by Crippen LogP contribution is 2.40. The number of fused-ring (bicyclic) bond motifs is 1. The van der Waals surface area contributed by atoms with E-state index in [0.717, 1.165) is 0 Å². The Morgan fingerprint density at radius 2 is 1.08 bits per heavy atom. The first kappa shape index (κ1) is 23.9. The average Bonchev–Trinajstić information content (AvgIpc) is 2.95. The summed E-state index contributed by atoms with van der Waals surface area (Å²) in [4.78, 5) is 40.4. The van der Waals surface area contributed by atoms with Crippen LogP contribution in [0, 0.1) is 0 Å². The Morgan fingerprint density at radius 3 is 1.68 bits per heavy atom. The number of carbonyl (C=O) groups excluding carboxylic acids is 3. The van der Waals surface area contributed by atoms with Crippen LogP contribution in [-0.4, -0.2) is 30.4 Å². The number of hydrogen-bond acceptors (Lipinski definition) is 6. The number of ketones is 1. The summed E-state index contributed by atoms with van der Waals surface area (Å²) in [5.41, 5.74) is -0.219. The van der Waals surface area contributed by atoms with Crippen molar-refractivity contribution in [3.63, 3.8) is 0 Å². The van der Waals surface area contributed by atoms with Gasteiger partial charge in [-0.05, 0) is 36.4 Å². The Morgan fingerprint density at radius 1 is 0.595 bits per heavy atom. The van der Waals surface area contributed by atoms with Gasteiger partial charge in [-0.15, -0.1) is 0 Å². The topological polar surface area (TPSA) is 97.8 Å². The molecule has 4 aromatic rings. The number of amides is 1. The number of allylic oxidation sites excluding steroid dienone is 1. The molecule has 4 aromatic carbocycles. The third kappa shape index (κ3) is 4.34. The van der Waals surface area contributed by atoms with Gasteiger partial charge in [-0.25, -0.2) is 13.2 Å². The Labute approximate surface area is 213 Å². The molecule has 1 heterocycles. The smallest absolute Gasteiger partial charge is 0.343 e. The lowest BCUT2D eigenvalue weighted by Crippen LogP contribution is -2.42. The molecule has 1 aliphatic rings. The molecular weight excluding hydrogens is 490 g/mol. The molecule has 1 aliphatic heterocycles. The van der Waals surface area contributed by atoms with Crippen molar-refractivity contribution in [1.29, 1.82) is 0 Å². The van der Waals surface area contributed by atoms with E-state index in [9.17, 15) is 22.8 Å². The molecule has 0 spiro atoms. The lowest BCUT2D eigenvalue weighted by atomic mass is 10.0. The summed E-state index contributed by atoms with van der Waals surface area (Å²) >= 11 is 0. The molecule has 37 heavy (non-hydrogen) atoms. The highest BCUT2D eigenvalue weighted by Gasteiger charge is 2.45. The van der Waals surface area contributed by atoms with Gasteiger partial charge in [-0.3, -0.25) is 9.59 Å². The molecule has 8 heteroatoms. The van der Waals surface area contributed by atoms with E-state index in [4.69, 9.17) is 4.74 Å². The minimum atomic E-state index is -4.55. The second kappa shape index (κ2) is 9.67. The second-order valence-electron chi connectivity index (χ2n) is 8.07. The van der Waals surface area contributed by atoms with Crippen molar-refractivity contribution in [3.05, 3.63) is 143 Å². The van der Waals surface area contributed by atoms with E-state index in [1.54, 1.807) is 60.7 Å². The third-order valence-electron chi connectivity index (χ3n) is 5.73. The van der Waals surface area contributed by atoms with E-state index < -0.39 is 33.4 Å². The van der Waals surface area contributed by atoms with Gasteiger partial charge >= 0.3 is 5.97 Å². The van der Waals surface area contributed by atoms with Crippen LogP contribution in [-0.2, 0) is 14.8 Å². The molecule has 0 aliphatic carbocycles. The van der Waals surface area contributed by atoms with Crippen molar-refractivity contribution < 1.29 is 27.5 Å². The molecule has 0 saturated heterocycles. The monoisotopic (exact) mass is 509 g/mol. The lowest BCUT2D eigenvalue weighted by Gasteiger charge is -2.31. The number of nitrogens with zero attached hydrogens (tertiary/aromatic N) is 1. The van der Waals surface area contributed by atoms with Crippen molar-refractivity contribution in [1.82, 2.24) is 4.31 Å². The summed E-state index contributed by atoms with van der Waals surface area (Å²) in [7, 11) is -4.55. The first-order valence-corrected chi connectivity index (χ1v) is 12.7. The maximum absolute atomic E-state index is 13.9. The molecule has 0 aromatic heterocycles. The Bertz CT molecular complexity index is 1650. The van der Waals surface area contributed by atoms with Gasteiger partial charge in [0.25, 0.3) is 15.9 Å². The maximum Gasteiger partial charge on any atom is 0.343 e. The number of Topliss-reactive ketones (excluding diaryl/α,β-unsaturated/α-hetero) is 1. The molecule has 0 fully saturated rings. The molecule has 0 radical (unpaired) electrons. The average molecular weight is 510 g/mol. The highest BCUT2D eigenvalue weighted by molar-refractivity contribution is 7.90. The lowest BCUT2D eigenvalue weighted by molar-refractivity contribution is 0.0679. The van der Waals surface area contributed by atoms with Crippen LogP contribution in [0.15, 0.2) is 126 Å². The van der Waals surface area contributed by atoms with Crippen molar-refractivity contribution in [2.24, 2.45) is 0 Å². The first-order chi connectivity index (χ1) is 17.9. The number of carbonyl (C=O) groups is 3. The maximum atomic E-state index is 13.9. The minimum absolute atomic E-state index is 0.00294. The molecule has 0 saturated carbocycles. The summed E-state index contributed by atoms with van der Waals surface area (Å²) < 4.78 is 33.9. The van der Waals surface area contributed by atoms with Gasteiger partial charge in [0.05, 0.1) is 10.5 Å². The van der Waals surface area contributed by atoms with E-state index in [0.29, 0.717) is 4.31 Å². The van der Waals surface area contributed by atoms with Gasteiger partial charge in [-0.2, -0.15) is 4.31 Å². The number of sulfonamides is 1. The van der Waals surface area contributed by atoms with Crippen LogP contribution in [0.1, 0.15) is 36.6 Å². The zero-order chi connectivity index (χ0) is 26.0. The SMILES string of the molecule is O=C(OC1=C(C(=O)c2ccccc2)N(C(=O)c2ccccc2)S(=O)(=O)c2ccccc21)c1ccccc1. The molecule has 7 nitrogen and oxygen atoms in total. The van der Waals surface area contributed by atoms with E-state index in [-0.39, 0.29) is 32.9 Å². The minimum Gasteiger partial charge on any atom is -0.420 e. The fourth-order valence-corrected chi connectivity index (χ4v) is 5.59. The van der Waals surface area contributed by atoms with Crippen LogP contribution < -0.4 is 0 Å². The normalized spacial score (nSPS) is 14.0. The van der Waals surface area contributed by atoms with Crippen LogP contribution in [0.4, 0.5) is 0 Å². The summed E-state index contributed by atoms with van der Waals surface area (Å²) in [5.74, 6) is -2.88. The predicted molar refractivity (Wildman–Crippen MR) is 136 cm³/mol. The zero-order valence-electron chi connectivity index (χ0n) is 19.3. The summed E-state index contributed by atoms with van der Waals surface area (Å²) in [5, 5.41) is 0. The molecule has 0 atom stereocenters. The largest absolute Gasteiger partial charge is 0.420 e. The number of esters is 1. The van der Waals surface area contributed by atoms with Gasteiger partial charge in [0.2, 0.25) is 5.78 Å². The summed E-state index contributed by atoms with van der Waals surface area (Å²) in [6.07, 6.45) is 0. The molecule has 0 N–H and O–H groups in total. The number of ether oxygens (including phenoxy) is 1. The molecular formula is C29H19NO6S. The fourth-order valence-electron chi connectivity index (χ4n) is 3.98. The first-order valence-electron chi connectivity index (χ1n) is 11.2.